The van der Waals surface area contributed by atoms with Crippen LogP contribution >= 0.6 is 0 Å². The van der Waals surface area contributed by atoms with Gasteiger partial charge in [-0.3, -0.25) is 4.57 Å². The number of furan rings is 1. The van der Waals surface area contributed by atoms with E-state index in [1.807, 2.05) is 48.9 Å². The standard InChI is InChI=1S/C48H28N4O/c1-3-15-29(16-4-1)45-49-46(30-17-5-2-6-18-30)51-47(50-45)52-40-26-14-10-22-34(40)42-36-28-53-27-35(36)41-33-21-9-13-25-39(33)48(43(41)44(42)52)37-23-11-7-19-31(37)32-20-8-12-24-38(32)48/h1-28H. The van der Waals surface area contributed by atoms with Gasteiger partial charge in [0, 0.05) is 38.2 Å². The first-order valence-corrected chi connectivity index (χ1v) is 17.9. The van der Waals surface area contributed by atoms with E-state index in [1.54, 1.807) is 0 Å². The lowest BCUT2D eigenvalue weighted by atomic mass is 9.70. The van der Waals surface area contributed by atoms with E-state index in [4.69, 9.17) is 19.4 Å². The lowest BCUT2D eigenvalue weighted by Gasteiger charge is -2.31. The average Bonchev–Trinajstić information content (AvgIpc) is 3.99. The number of para-hydroxylation sites is 1. The van der Waals surface area contributed by atoms with Crippen LogP contribution in [0.2, 0.25) is 0 Å². The lowest BCUT2D eigenvalue weighted by molar-refractivity contribution is 0.572. The molecule has 53 heavy (non-hydrogen) atoms. The molecule has 0 amide bonds. The van der Waals surface area contributed by atoms with Crippen LogP contribution in [-0.2, 0) is 5.41 Å². The van der Waals surface area contributed by atoms with E-state index < -0.39 is 5.41 Å². The predicted octanol–water partition coefficient (Wildman–Crippen LogP) is 11.4. The Labute approximate surface area is 304 Å². The van der Waals surface area contributed by atoms with Gasteiger partial charge in [0.2, 0.25) is 5.95 Å². The summed E-state index contributed by atoms with van der Waals surface area (Å²) >= 11 is 0. The molecule has 246 valence electrons. The van der Waals surface area contributed by atoms with Crippen molar-refractivity contribution in [3.8, 4) is 51.0 Å². The smallest absolute Gasteiger partial charge is 0.238 e. The zero-order valence-electron chi connectivity index (χ0n) is 28.4. The van der Waals surface area contributed by atoms with Gasteiger partial charge >= 0.3 is 0 Å². The molecule has 0 N–H and O–H groups in total. The first kappa shape index (κ1) is 28.6. The van der Waals surface area contributed by atoms with Crippen molar-refractivity contribution < 1.29 is 4.42 Å². The Morgan fingerprint density at radius 3 is 1.60 bits per heavy atom. The molecule has 0 atom stereocenters. The van der Waals surface area contributed by atoms with Crippen molar-refractivity contribution >= 4 is 32.6 Å². The molecule has 3 heterocycles. The summed E-state index contributed by atoms with van der Waals surface area (Å²) < 4.78 is 8.47. The summed E-state index contributed by atoms with van der Waals surface area (Å²) in [5, 5.41) is 4.42. The summed E-state index contributed by atoms with van der Waals surface area (Å²) in [6, 6.07) is 55.8. The van der Waals surface area contributed by atoms with Crippen LogP contribution in [0.25, 0.3) is 83.6 Å². The van der Waals surface area contributed by atoms with Crippen LogP contribution < -0.4 is 0 Å². The Bertz CT molecular complexity index is 3020. The van der Waals surface area contributed by atoms with E-state index in [1.165, 1.54) is 44.5 Å². The van der Waals surface area contributed by atoms with Gasteiger partial charge in [0.25, 0.3) is 0 Å². The molecule has 12 rings (SSSR count). The van der Waals surface area contributed by atoms with Gasteiger partial charge in [-0.15, -0.1) is 0 Å². The molecule has 5 heteroatoms. The van der Waals surface area contributed by atoms with Crippen LogP contribution in [0.3, 0.4) is 0 Å². The number of hydrogen-bond donors (Lipinski definition) is 0. The Kier molecular flexibility index (Phi) is 5.64. The maximum atomic E-state index is 6.17. The van der Waals surface area contributed by atoms with Gasteiger partial charge in [-0.05, 0) is 45.0 Å². The second kappa shape index (κ2) is 10.5. The van der Waals surface area contributed by atoms with Gasteiger partial charge in [0.15, 0.2) is 11.6 Å². The molecule has 0 unspecified atom stereocenters. The Morgan fingerprint density at radius 2 is 0.962 bits per heavy atom. The number of benzene rings is 7. The predicted molar refractivity (Wildman–Crippen MR) is 211 cm³/mol. The Morgan fingerprint density at radius 1 is 0.453 bits per heavy atom. The topological polar surface area (TPSA) is 56.7 Å². The normalized spacial score (nSPS) is 13.4. The summed E-state index contributed by atoms with van der Waals surface area (Å²) in [7, 11) is 0. The molecular weight excluding hydrogens is 649 g/mol. The third kappa shape index (κ3) is 3.63. The lowest BCUT2D eigenvalue weighted by Crippen LogP contribution is -2.26. The van der Waals surface area contributed by atoms with E-state index >= 15 is 0 Å². The summed E-state index contributed by atoms with van der Waals surface area (Å²) in [6.45, 7) is 0. The molecule has 2 aliphatic carbocycles. The number of nitrogens with zero attached hydrogens (tertiary/aromatic N) is 4. The zero-order valence-corrected chi connectivity index (χ0v) is 28.4. The molecule has 1 spiro atoms. The highest BCUT2D eigenvalue weighted by Gasteiger charge is 2.54. The van der Waals surface area contributed by atoms with Gasteiger partial charge in [-0.25, -0.2) is 4.98 Å². The summed E-state index contributed by atoms with van der Waals surface area (Å²) in [5.74, 6) is 1.81. The third-order valence-electron chi connectivity index (χ3n) is 11.4. The van der Waals surface area contributed by atoms with Gasteiger partial charge < -0.3 is 4.42 Å². The number of fused-ring (bicyclic) bond motifs is 17. The average molecular weight is 677 g/mol. The highest BCUT2D eigenvalue weighted by Crippen LogP contribution is 2.66. The molecule has 5 nitrogen and oxygen atoms in total. The fourth-order valence-corrected chi connectivity index (χ4v) is 9.39. The van der Waals surface area contributed by atoms with E-state index in [9.17, 15) is 0 Å². The van der Waals surface area contributed by atoms with Crippen molar-refractivity contribution in [1.29, 1.82) is 0 Å². The summed E-state index contributed by atoms with van der Waals surface area (Å²) in [4.78, 5) is 15.7. The second-order valence-corrected chi connectivity index (χ2v) is 13.9. The van der Waals surface area contributed by atoms with Crippen molar-refractivity contribution in [2.45, 2.75) is 5.41 Å². The minimum absolute atomic E-state index is 0.569. The van der Waals surface area contributed by atoms with E-state index in [2.05, 4.69) is 126 Å². The molecular formula is C48H28N4O. The van der Waals surface area contributed by atoms with E-state index in [-0.39, 0.29) is 0 Å². The molecule has 0 saturated carbocycles. The highest BCUT2D eigenvalue weighted by atomic mass is 16.3. The van der Waals surface area contributed by atoms with Crippen molar-refractivity contribution in [2.24, 2.45) is 0 Å². The number of hydrogen-bond acceptors (Lipinski definition) is 4. The number of aromatic nitrogens is 4. The van der Waals surface area contributed by atoms with Crippen LogP contribution in [0.5, 0.6) is 0 Å². The minimum atomic E-state index is -0.605. The minimum Gasteiger partial charge on any atom is -0.471 e. The van der Waals surface area contributed by atoms with E-state index in [0.29, 0.717) is 17.6 Å². The molecule has 7 aromatic carbocycles. The van der Waals surface area contributed by atoms with Crippen molar-refractivity contribution in [3.05, 3.63) is 193 Å². The van der Waals surface area contributed by atoms with Crippen LogP contribution in [0.15, 0.2) is 175 Å². The van der Waals surface area contributed by atoms with E-state index in [0.717, 1.165) is 43.7 Å². The van der Waals surface area contributed by atoms with Gasteiger partial charge in [0.1, 0.15) is 0 Å². The largest absolute Gasteiger partial charge is 0.471 e. The highest BCUT2D eigenvalue weighted by molar-refractivity contribution is 6.27. The second-order valence-electron chi connectivity index (χ2n) is 13.9. The van der Waals surface area contributed by atoms with Crippen LogP contribution in [0.4, 0.5) is 0 Å². The fourth-order valence-electron chi connectivity index (χ4n) is 9.39. The molecule has 0 radical (unpaired) electrons. The third-order valence-corrected chi connectivity index (χ3v) is 11.4. The van der Waals surface area contributed by atoms with Gasteiger partial charge in [0.05, 0.1) is 29.0 Å². The van der Waals surface area contributed by atoms with Crippen LogP contribution in [-0.4, -0.2) is 19.5 Å². The van der Waals surface area contributed by atoms with Gasteiger partial charge in [-0.1, -0.05) is 152 Å². The first-order chi connectivity index (χ1) is 26.3. The molecule has 0 saturated heterocycles. The van der Waals surface area contributed by atoms with Crippen molar-refractivity contribution in [2.75, 3.05) is 0 Å². The quantitative estimate of drug-likeness (QED) is 0.187. The monoisotopic (exact) mass is 676 g/mol. The van der Waals surface area contributed by atoms with Crippen molar-refractivity contribution in [1.82, 2.24) is 19.5 Å². The summed E-state index contributed by atoms with van der Waals surface area (Å²) in [6.07, 6.45) is 3.85. The first-order valence-electron chi connectivity index (χ1n) is 17.9. The number of rotatable bonds is 3. The maximum absolute atomic E-state index is 6.17. The molecule has 0 aliphatic heterocycles. The molecule has 10 aromatic rings. The maximum Gasteiger partial charge on any atom is 0.238 e. The fraction of sp³-hybridized carbons (Fsp3) is 0.0208. The van der Waals surface area contributed by atoms with Crippen LogP contribution in [0.1, 0.15) is 22.3 Å². The van der Waals surface area contributed by atoms with Crippen molar-refractivity contribution in [3.63, 3.8) is 0 Å². The Balaban J connectivity index is 1.33. The molecule has 3 aromatic heterocycles. The SMILES string of the molecule is c1ccc(-c2nc(-c3ccccc3)nc(-n3c4ccccc4c4c5cocc5c5c(c43)C3(c4ccccc4-c4ccccc43)c3ccccc3-5)n2)cc1. The summed E-state index contributed by atoms with van der Waals surface area (Å²) in [5.41, 5.74) is 13.3. The Hall–Kier alpha value is -7.11. The molecule has 2 aliphatic rings. The zero-order chi connectivity index (χ0) is 34.7. The van der Waals surface area contributed by atoms with Crippen LogP contribution in [0, 0.1) is 0 Å². The molecule has 0 bridgehead atoms. The molecule has 0 fully saturated rings. The van der Waals surface area contributed by atoms with Gasteiger partial charge in [-0.2, -0.15) is 9.97 Å².